The van der Waals surface area contributed by atoms with Gasteiger partial charge >= 0.3 is 0 Å². The van der Waals surface area contributed by atoms with E-state index in [9.17, 15) is 23.3 Å². The van der Waals surface area contributed by atoms with E-state index in [1.165, 1.54) is 25.1 Å². The summed E-state index contributed by atoms with van der Waals surface area (Å²) in [5.74, 6) is -0.780. The summed E-state index contributed by atoms with van der Waals surface area (Å²) in [6.45, 7) is 1.51. The number of carbonyl (C=O) groups is 1. The Morgan fingerprint density at radius 2 is 2.10 bits per heavy atom. The van der Waals surface area contributed by atoms with E-state index in [2.05, 4.69) is 5.32 Å². The van der Waals surface area contributed by atoms with Crippen LogP contribution in [0.4, 0.5) is 11.4 Å². The largest absolute Gasteiger partial charge is 0.324 e. The van der Waals surface area contributed by atoms with Gasteiger partial charge in [0.25, 0.3) is 5.69 Å². The fourth-order valence-electron chi connectivity index (χ4n) is 1.65. The van der Waals surface area contributed by atoms with Gasteiger partial charge in [-0.25, -0.2) is 8.42 Å². The summed E-state index contributed by atoms with van der Waals surface area (Å²) in [4.78, 5) is 22.1. The summed E-state index contributed by atoms with van der Waals surface area (Å²) in [5, 5.41) is 13.3. The zero-order chi connectivity index (χ0) is 16.2. The first-order chi connectivity index (χ1) is 9.61. The topological polar surface area (TPSA) is 132 Å². The first-order valence-electron chi connectivity index (χ1n) is 6.10. The minimum atomic E-state index is -3.20. The van der Waals surface area contributed by atoms with E-state index < -0.39 is 26.7 Å². The van der Waals surface area contributed by atoms with E-state index in [0.717, 1.165) is 6.26 Å². The van der Waals surface area contributed by atoms with Crippen LogP contribution in [0.5, 0.6) is 0 Å². The molecule has 116 valence electrons. The van der Waals surface area contributed by atoms with Crippen LogP contribution < -0.4 is 11.1 Å². The molecule has 0 radical (unpaired) electrons. The third kappa shape index (κ3) is 5.12. The third-order valence-electron chi connectivity index (χ3n) is 2.90. The predicted octanol–water partition coefficient (Wildman–Crippen LogP) is 0.604. The van der Waals surface area contributed by atoms with Crippen LogP contribution in [-0.2, 0) is 14.6 Å². The second-order valence-electron chi connectivity index (χ2n) is 4.72. The van der Waals surface area contributed by atoms with Crippen LogP contribution >= 0.6 is 0 Å². The van der Waals surface area contributed by atoms with Gasteiger partial charge in [0.2, 0.25) is 5.91 Å². The van der Waals surface area contributed by atoms with Gasteiger partial charge in [-0.15, -0.1) is 0 Å². The first-order valence-corrected chi connectivity index (χ1v) is 8.16. The first kappa shape index (κ1) is 17.1. The maximum Gasteiger partial charge on any atom is 0.274 e. The lowest BCUT2D eigenvalue weighted by molar-refractivity contribution is -0.385. The number of carbonyl (C=O) groups excluding carboxylic acids is 1. The Labute approximate surface area is 122 Å². The molecule has 0 spiro atoms. The number of nitrogens with two attached hydrogens (primary N) is 1. The summed E-state index contributed by atoms with van der Waals surface area (Å²) >= 11 is 0. The molecule has 1 amide bonds. The van der Waals surface area contributed by atoms with Crippen molar-refractivity contribution in [1.82, 2.24) is 0 Å². The quantitative estimate of drug-likeness (QED) is 0.583. The SMILES string of the molecule is Cc1c(NC(=O)C(N)CCS(C)(=O)=O)cccc1[N+](=O)[O-]. The van der Waals surface area contributed by atoms with E-state index in [1.54, 1.807) is 0 Å². The van der Waals surface area contributed by atoms with Crippen LogP contribution in [-0.4, -0.2) is 37.3 Å². The standard InChI is InChI=1S/C12H17N3O5S/c1-8-10(4-3-5-11(8)15(17)18)14-12(16)9(13)6-7-21(2,19)20/h3-5,9H,6-7,13H2,1-2H3,(H,14,16). The Kier molecular flexibility index (Phi) is 5.39. The zero-order valence-electron chi connectivity index (χ0n) is 11.7. The van der Waals surface area contributed by atoms with E-state index in [-0.39, 0.29) is 23.5 Å². The zero-order valence-corrected chi connectivity index (χ0v) is 12.5. The van der Waals surface area contributed by atoms with Gasteiger partial charge in [0.15, 0.2) is 0 Å². The molecule has 0 aromatic heterocycles. The smallest absolute Gasteiger partial charge is 0.274 e. The molecule has 0 saturated carbocycles. The van der Waals surface area contributed by atoms with Gasteiger partial charge in [-0.05, 0) is 19.4 Å². The van der Waals surface area contributed by atoms with Crippen molar-refractivity contribution in [2.45, 2.75) is 19.4 Å². The second kappa shape index (κ2) is 6.64. The van der Waals surface area contributed by atoms with Crippen LogP contribution in [0, 0.1) is 17.0 Å². The molecular weight excluding hydrogens is 298 g/mol. The Morgan fingerprint density at radius 3 is 2.62 bits per heavy atom. The Balaban J connectivity index is 2.79. The van der Waals surface area contributed by atoms with Crippen molar-refractivity contribution in [2.75, 3.05) is 17.3 Å². The summed E-state index contributed by atoms with van der Waals surface area (Å²) in [6.07, 6.45) is 1.04. The molecule has 0 saturated heterocycles. The van der Waals surface area contributed by atoms with Crippen molar-refractivity contribution in [3.8, 4) is 0 Å². The number of anilines is 1. The Morgan fingerprint density at radius 1 is 1.48 bits per heavy atom. The number of hydrogen-bond donors (Lipinski definition) is 2. The lowest BCUT2D eigenvalue weighted by atomic mass is 10.1. The molecule has 0 fully saturated rings. The van der Waals surface area contributed by atoms with Gasteiger partial charge in [-0.3, -0.25) is 14.9 Å². The highest BCUT2D eigenvalue weighted by Gasteiger charge is 2.19. The van der Waals surface area contributed by atoms with Crippen molar-refractivity contribution in [3.63, 3.8) is 0 Å². The highest BCUT2D eigenvalue weighted by molar-refractivity contribution is 7.90. The van der Waals surface area contributed by atoms with Crippen molar-refractivity contribution < 1.29 is 18.1 Å². The average molecular weight is 315 g/mol. The Bertz CT molecular complexity index is 657. The second-order valence-corrected chi connectivity index (χ2v) is 6.98. The molecule has 1 aromatic rings. The van der Waals surface area contributed by atoms with Crippen molar-refractivity contribution in [3.05, 3.63) is 33.9 Å². The molecule has 0 aliphatic heterocycles. The lowest BCUT2D eigenvalue weighted by Gasteiger charge is -2.13. The number of benzene rings is 1. The summed E-state index contributed by atoms with van der Waals surface area (Å²) in [6, 6.07) is 3.29. The number of nitro benzene ring substituents is 1. The van der Waals surface area contributed by atoms with E-state index in [0.29, 0.717) is 5.56 Å². The molecule has 0 heterocycles. The van der Waals surface area contributed by atoms with E-state index >= 15 is 0 Å². The number of hydrogen-bond acceptors (Lipinski definition) is 6. The molecule has 0 aliphatic rings. The van der Waals surface area contributed by atoms with Crippen LogP contribution in [0.25, 0.3) is 0 Å². The highest BCUT2D eigenvalue weighted by Crippen LogP contribution is 2.25. The van der Waals surface area contributed by atoms with E-state index in [1.807, 2.05) is 0 Å². The summed E-state index contributed by atoms with van der Waals surface area (Å²) < 4.78 is 22.1. The number of nitrogens with zero attached hydrogens (tertiary/aromatic N) is 1. The van der Waals surface area contributed by atoms with Crippen LogP contribution in [0.1, 0.15) is 12.0 Å². The number of nitrogens with one attached hydrogen (secondary N) is 1. The van der Waals surface area contributed by atoms with Gasteiger partial charge < -0.3 is 11.1 Å². The molecule has 3 N–H and O–H groups in total. The number of amides is 1. The van der Waals surface area contributed by atoms with Crippen LogP contribution in [0.3, 0.4) is 0 Å². The van der Waals surface area contributed by atoms with Gasteiger partial charge in [0.1, 0.15) is 9.84 Å². The molecule has 1 atom stereocenters. The van der Waals surface area contributed by atoms with Gasteiger partial charge in [0.05, 0.1) is 28.0 Å². The number of rotatable bonds is 6. The molecule has 9 heteroatoms. The molecule has 1 unspecified atom stereocenters. The van der Waals surface area contributed by atoms with Crippen LogP contribution in [0.2, 0.25) is 0 Å². The maximum absolute atomic E-state index is 11.9. The van der Waals surface area contributed by atoms with Crippen molar-refractivity contribution >= 4 is 27.1 Å². The van der Waals surface area contributed by atoms with E-state index in [4.69, 9.17) is 5.73 Å². The van der Waals surface area contributed by atoms with Crippen LogP contribution in [0.15, 0.2) is 18.2 Å². The molecule has 0 bridgehead atoms. The fraction of sp³-hybridized carbons (Fsp3) is 0.417. The molecule has 1 aromatic carbocycles. The molecule has 21 heavy (non-hydrogen) atoms. The minimum absolute atomic E-state index is 0.0152. The lowest BCUT2D eigenvalue weighted by Crippen LogP contribution is -2.37. The fourth-order valence-corrected chi connectivity index (χ4v) is 2.34. The average Bonchev–Trinajstić information content (AvgIpc) is 2.37. The number of nitro groups is 1. The summed E-state index contributed by atoms with van der Waals surface area (Å²) in [5.41, 5.74) is 6.09. The monoisotopic (exact) mass is 315 g/mol. The van der Waals surface area contributed by atoms with Gasteiger partial charge in [0, 0.05) is 12.3 Å². The van der Waals surface area contributed by atoms with Gasteiger partial charge in [-0.1, -0.05) is 6.07 Å². The molecule has 8 nitrogen and oxygen atoms in total. The predicted molar refractivity (Wildman–Crippen MR) is 78.8 cm³/mol. The molecule has 0 aliphatic carbocycles. The summed E-state index contributed by atoms with van der Waals surface area (Å²) in [7, 11) is -3.20. The third-order valence-corrected chi connectivity index (χ3v) is 3.87. The normalized spacial score (nSPS) is 12.7. The number of sulfone groups is 1. The molecule has 1 rings (SSSR count). The minimum Gasteiger partial charge on any atom is -0.324 e. The van der Waals surface area contributed by atoms with Gasteiger partial charge in [-0.2, -0.15) is 0 Å². The Hall–Kier alpha value is -2.00. The van der Waals surface area contributed by atoms with Crippen molar-refractivity contribution in [1.29, 1.82) is 0 Å². The maximum atomic E-state index is 11.9. The highest BCUT2D eigenvalue weighted by atomic mass is 32.2. The molecular formula is C12H17N3O5S. The van der Waals surface area contributed by atoms with Crippen molar-refractivity contribution in [2.24, 2.45) is 5.73 Å².